The molecule has 1 aromatic heterocycles. The average molecular weight is 451 g/mol. The number of fused-ring (bicyclic) bond motifs is 1. The molecule has 7 nitrogen and oxygen atoms in total. The quantitative estimate of drug-likeness (QED) is 0.626. The summed E-state index contributed by atoms with van der Waals surface area (Å²) in [4.78, 5) is 40.3. The first-order valence-electron chi connectivity index (χ1n) is 10.5. The molecule has 0 bridgehead atoms. The van der Waals surface area contributed by atoms with Crippen molar-refractivity contribution < 1.29 is 9.59 Å². The summed E-state index contributed by atoms with van der Waals surface area (Å²) < 4.78 is 3.25. The van der Waals surface area contributed by atoms with Crippen LogP contribution in [0.15, 0.2) is 59.4 Å². The first kappa shape index (κ1) is 22.0. The summed E-state index contributed by atoms with van der Waals surface area (Å²) in [6.07, 6.45) is 0.851. The molecular weight excluding hydrogens is 424 g/mol. The molecule has 0 aliphatic carbocycles. The zero-order chi connectivity index (χ0) is 22.8. The van der Waals surface area contributed by atoms with Crippen LogP contribution in [0, 0.1) is 6.92 Å². The smallest absolute Gasteiger partial charge is 0.295 e. The van der Waals surface area contributed by atoms with Gasteiger partial charge in [0.1, 0.15) is 5.69 Å². The third kappa shape index (κ3) is 4.10. The van der Waals surface area contributed by atoms with Crippen molar-refractivity contribution in [2.45, 2.75) is 25.5 Å². The van der Waals surface area contributed by atoms with E-state index in [0.29, 0.717) is 12.2 Å². The van der Waals surface area contributed by atoms with Gasteiger partial charge >= 0.3 is 0 Å². The second-order valence-electron chi connectivity index (χ2n) is 7.80. The van der Waals surface area contributed by atoms with Gasteiger partial charge in [-0.25, -0.2) is 4.68 Å². The summed E-state index contributed by atoms with van der Waals surface area (Å²) in [5.41, 5.74) is 3.49. The number of nitrogens with zero attached hydrogens (tertiary/aromatic N) is 3. The molecule has 0 radical (unpaired) electrons. The Labute approximate surface area is 191 Å². The third-order valence-electron chi connectivity index (χ3n) is 5.82. The van der Waals surface area contributed by atoms with E-state index in [1.165, 1.54) is 22.0 Å². The maximum atomic E-state index is 13.0. The lowest BCUT2D eigenvalue weighted by Crippen LogP contribution is -2.32. The van der Waals surface area contributed by atoms with Crippen LogP contribution in [0.1, 0.15) is 18.2 Å². The van der Waals surface area contributed by atoms with Gasteiger partial charge < -0.3 is 10.2 Å². The fourth-order valence-corrected chi connectivity index (χ4v) is 4.64. The minimum absolute atomic E-state index is 0.0121. The number of anilines is 2. The highest BCUT2D eigenvalue weighted by Gasteiger charge is 2.26. The third-order valence-corrected chi connectivity index (χ3v) is 6.94. The summed E-state index contributed by atoms with van der Waals surface area (Å²) in [6.45, 7) is 4.21. The Hall–Kier alpha value is -3.26. The van der Waals surface area contributed by atoms with Crippen LogP contribution < -0.4 is 15.8 Å². The van der Waals surface area contributed by atoms with E-state index in [1.54, 1.807) is 30.5 Å². The molecule has 0 fully saturated rings. The molecule has 2 aromatic carbocycles. The molecular formula is C24H26N4O3S. The Balaban J connectivity index is 1.42. The highest BCUT2D eigenvalue weighted by Crippen LogP contribution is 2.28. The zero-order valence-electron chi connectivity index (χ0n) is 18.4. The maximum absolute atomic E-state index is 13.0. The largest absolute Gasteiger partial charge is 0.319 e. The van der Waals surface area contributed by atoms with Crippen molar-refractivity contribution in [3.63, 3.8) is 0 Å². The van der Waals surface area contributed by atoms with Crippen molar-refractivity contribution in [3.05, 3.63) is 76.2 Å². The van der Waals surface area contributed by atoms with Gasteiger partial charge in [-0.05, 0) is 44.0 Å². The van der Waals surface area contributed by atoms with Crippen molar-refractivity contribution in [1.29, 1.82) is 0 Å². The summed E-state index contributed by atoms with van der Waals surface area (Å²) >= 11 is 1.27. The van der Waals surface area contributed by atoms with Crippen LogP contribution in [0.5, 0.6) is 0 Å². The Kier molecular flexibility index (Phi) is 6.23. The molecule has 4 rings (SSSR count). The SMILES string of the molecule is Cc1c(NC(=O)C(C)SCC(=O)N2CCc3ccccc32)c(=O)n(-c2ccccc2)n1C. The lowest BCUT2D eigenvalue weighted by atomic mass is 10.2. The van der Waals surface area contributed by atoms with E-state index in [2.05, 4.69) is 5.32 Å². The molecule has 1 N–H and O–H groups in total. The molecule has 8 heteroatoms. The standard InChI is InChI=1S/C24H26N4O3S/c1-16-22(24(31)28(26(16)3)19-10-5-4-6-11-19)25-23(30)17(2)32-15-21(29)27-14-13-18-9-7-8-12-20(18)27/h4-12,17H,13-15H2,1-3H3,(H,25,30). The van der Waals surface area contributed by atoms with Crippen molar-refractivity contribution in [3.8, 4) is 5.69 Å². The Morgan fingerprint density at radius 1 is 1.09 bits per heavy atom. The predicted molar refractivity (Wildman–Crippen MR) is 129 cm³/mol. The number of aromatic nitrogens is 2. The lowest BCUT2D eigenvalue weighted by Gasteiger charge is -2.18. The number of para-hydroxylation sites is 2. The highest BCUT2D eigenvalue weighted by molar-refractivity contribution is 8.01. The predicted octanol–water partition coefficient (Wildman–Crippen LogP) is 3.13. The number of rotatable bonds is 6. The first-order chi connectivity index (χ1) is 15.4. The van der Waals surface area contributed by atoms with Gasteiger partial charge in [0, 0.05) is 19.3 Å². The number of carbonyl (C=O) groups is 2. The topological polar surface area (TPSA) is 76.3 Å². The van der Waals surface area contributed by atoms with Gasteiger partial charge in [-0.2, -0.15) is 0 Å². The van der Waals surface area contributed by atoms with Crippen molar-refractivity contribution in [1.82, 2.24) is 9.36 Å². The van der Waals surface area contributed by atoms with Gasteiger partial charge in [-0.3, -0.25) is 19.1 Å². The first-order valence-corrected chi connectivity index (χ1v) is 11.6. The summed E-state index contributed by atoms with van der Waals surface area (Å²) in [5.74, 6) is -0.108. The number of carbonyl (C=O) groups excluding carboxylic acids is 2. The number of thioether (sulfide) groups is 1. The molecule has 1 atom stereocenters. The number of hydrogen-bond acceptors (Lipinski definition) is 4. The fourth-order valence-electron chi connectivity index (χ4n) is 3.88. The molecule has 1 unspecified atom stereocenters. The summed E-state index contributed by atoms with van der Waals surface area (Å²) in [5, 5.41) is 2.29. The van der Waals surface area contributed by atoms with Crippen LogP contribution in [0.4, 0.5) is 11.4 Å². The summed E-state index contributed by atoms with van der Waals surface area (Å²) in [7, 11) is 1.78. The molecule has 3 aromatic rings. The molecule has 0 saturated carbocycles. The number of amides is 2. The molecule has 1 aliphatic heterocycles. The minimum Gasteiger partial charge on any atom is -0.319 e. The molecule has 2 heterocycles. The van der Waals surface area contributed by atoms with Gasteiger partial charge in [-0.1, -0.05) is 36.4 Å². The van der Waals surface area contributed by atoms with E-state index in [1.807, 2.05) is 54.6 Å². The average Bonchev–Trinajstić information content (AvgIpc) is 3.33. The Morgan fingerprint density at radius 2 is 1.78 bits per heavy atom. The van der Waals surface area contributed by atoms with Crippen LogP contribution in [-0.4, -0.2) is 38.7 Å². The fraction of sp³-hybridized carbons (Fsp3) is 0.292. The van der Waals surface area contributed by atoms with Crippen LogP contribution >= 0.6 is 11.8 Å². The van der Waals surface area contributed by atoms with Gasteiger partial charge in [0.2, 0.25) is 11.8 Å². The van der Waals surface area contributed by atoms with E-state index in [9.17, 15) is 14.4 Å². The van der Waals surface area contributed by atoms with Gasteiger partial charge in [0.05, 0.1) is 22.4 Å². The molecule has 1 aliphatic rings. The van der Waals surface area contributed by atoms with Crippen molar-refractivity contribution >= 4 is 35.0 Å². The molecule has 2 amide bonds. The number of benzene rings is 2. The van der Waals surface area contributed by atoms with Crippen LogP contribution in [0.3, 0.4) is 0 Å². The highest BCUT2D eigenvalue weighted by atomic mass is 32.2. The van der Waals surface area contributed by atoms with E-state index in [0.717, 1.165) is 17.8 Å². The van der Waals surface area contributed by atoms with Crippen LogP contribution in [0.25, 0.3) is 5.69 Å². The van der Waals surface area contributed by atoms with Crippen molar-refractivity contribution in [2.75, 3.05) is 22.5 Å². The van der Waals surface area contributed by atoms with Gasteiger partial charge in [0.25, 0.3) is 5.56 Å². The summed E-state index contributed by atoms with van der Waals surface area (Å²) in [6, 6.07) is 17.2. The lowest BCUT2D eigenvalue weighted by molar-refractivity contribution is -0.116. The van der Waals surface area contributed by atoms with E-state index in [-0.39, 0.29) is 28.8 Å². The van der Waals surface area contributed by atoms with E-state index < -0.39 is 5.25 Å². The Bertz CT molecular complexity index is 1220. The Morgan fingerprint density at radius 3 is 2.53 bits per heavy atom. The molecule has 32 heavy (non-hydrogen) atoms. The number of hydrogen-bond donors (Lipinski definition) is 1. The second-order valence-corrected chi connectivity index (χ2v) is 9.13. The minimum atomic E-state index is -0.485. The number of nitrogens with one attached hydrogen (secondary N) is 1. The van der Waals surface area contributed by atoms with Crippen LogP contribution in [0.2, 0.25) is 0 Å². The molecule has 166 valence electrons. The maximum Gasteiger partial charge on any atom is 0.295 e. The van der Waals surface area contributed by atoms with Crippen molar-refractivity contribution in [2.24, 2.45) is 7.05 Å². The molecule has 0 spiro atoms. The monoisotopic (exact) mass is 450 g/mol. The van der Waals surface area contributed by atoms with Gasteiger partial charge in [0.15, 0.2) is 0 Å². The molecule has 0 saturated heterocycles. The van der Waals surface area contributed by atoms with E-state index >= 15 is 0 Å². The van der Waals surface area contributed by atoms with Crippen LogP contribution in [-0.2, 0) is 23.1 Å². The normalized spacial score (nSPS) is 13.7. The second kappa shape index (κ2) is 9.08. The van der Waals surface area contributed by atoms with Gasteiger partial charge in [-0.15, -0.1) is 11.8 Å². The zero-order valence-corrected chi connectivity index (χ0v) is 19.2. The van der Waals surface area contributed by atoms with E-state index in [4.69, 9.17) is 0 Å².